The highest BCUT2D eigenvalue weighted by molar-refractivity contribution is 6.11. The summed E-state index contributed by atoms with van der Waals surface area (Å²) in [6.07, 6.45) is 0. The van der Waals surface area contributed by atoms with E-state index in [0.717, 1.165) is 5.57 Å². The minimum Gasteiger partial charge on any atom is -0.380 e. The monoisotopic (exact) mass is 553 g/mol. The first-order valence-electron chi connectivity index (χ1n) is 13.1. The third kappa shape index (κ3) is 8.32. The van der Waals surface area contributed by atoms with Crippen molar-refractivity contribution in [2.45, 2.75) is 54.0 Å². The number of nitrogens with one attached hydrogen (secondary N) is 3. The highest BCUT2D eigenvalue weighted by Crippen LogP contribution is 2.25. The second kappa shape index (κ2) is 12.1. The van der Waals surface area contributed by atoms with Crippen molar-refractivity contribution < 1.29 is 24.0 Å². The van der Waals surface area contributed by atoms with Gasteiger partial charge in [-0.1, -0.05) is 12.2 Å². The number of rotatable bonds is 9. The molecule has 0 saturated heterocycles. The molecule has 0 aliphatic heterocycles. The molecule has 0 atom stereocenters. The van der Waals surface area contributed by atoms with Gasteiger partial charge in [-0.25, -0.2) is 0 Å². The number of anilines is 3. The second-order valence-corrected chi connectivity index (χ2v) is 11.1. The van der Waals surface area contributed by atoms with Crippen LogP contribution in [0.3, 0.4) is 0 Å². The molecule has 8 heteroatoms. The minimum absolute atomic E-state index is 0.152. The lowest BCUT2D eigenvalue weighted by atomic mass is 10.0. The molecule has 0 saturated carbocycles. The highest BCUT2D eigenvalue weighted by Gasteiger charge is 2.18. The van der Waals surface area contributed by atoms with Crippen LogP contribution in [-0.2, 0) is 0 Å². The van der Waals surface area contributed by atoms with Crippen LogP contribution in [0.5, 0.6) is 0 Å². The summed E-state index contributed by atoms with van der Waals surface area (Å²) in [6.45, 7) is 15.8. The Morgan fingerprint density at radius 1 is 0.512 bits per heavy atom. The van der Waals surface area contributed by atoms with Crippen LogP contribution in [0.15, 0.2) is 61.2 Å². The highest BCUT2D eigenvalue weighted by atomic mass is 16.2. The number of carbonyl (C=O) groups excluding carboxylic acids is 5. The zero-order valence-corrected chi connectivity index (χ0v) is 24.4. The number of Topliss-reactive ketones (excluding diaryl/α,β-unsaturated/α-hetero) is 3. The third-order valence-electron chi connectivity index (χ3n) is 6.07. The van der Waals surface area contributed by atoms with Gasteiger partial charge in [-0.2, -0.15) is 0 Å². The number of ketones is 3. The maximum atomic E-state index is 13.4. The van der Waals surface area contributed by atoms with E-state index in [1.54, 1.807) is 30.3 Å². The molecule has 212 valence electrons. The minimum atomic E-state index is -0.532. The summed E-state index contributed by atoms with van der Waals surface area (Å²) in [5, 5.41) is 8.86. The van der Waals surface area contributed by atoms with Crippen molar-refractivity contribution >= 4 is 51.8 Å². The molecule has 2 amide bonds. The van der Waals surface area contributed by atoms with Crippen LogP contribution in [0.25, 0.3) is 5.57 Å². The smallest absolute Gasteiger partial charge is 0.255 e. The van der Waals surface area contributed by atoms with Gasteiger partial charge in [-0.3, -0.25) is 24.0 Å². The molecule has 3 aromatic carbocycles. The van der Waals surface area contributed by atoms with Gasteiger partial charge in [0.25, 0.3) is 11.8 Å². The summed E-state index contributed by atoms with van der Waals surface area (Å²) in [7, 11) is 0. The first kappa shape index (κ1) is 30.7. The number of hydrogen-bond acceptors (Lipinski definition) is 6. The van der Waals surface area contributed by atoms with Crippen LogP contribution < -0.4 is 16.0 Å². The Hall–Kier alpha value is -4.85. The van der Waals surface area contributed by atoms with Crippen molar-refractivity contribution in [2.24, 2.45) is 0 Å². The average molecular weight is 554 g/mol. The average Bonchev–Trinajstić information content (AvgIpc) is 2.86. The summed E-state index contributed by atoms with van der Waals surface area (Å²) < 4.78 is 0. The van der Waals surface area contributed by atoms with Crippen molar-refractivity contribution in [3.8, 4) is 0 Å². The Labute approximate surface area is 240 Å². The van der Waals surface area contributed by atoms with Gasteiger partial charge in [0.05, 0.1) is 0 Å². The molecule has 0 aromatic heterocycles. The molecule has 0 heterocycles. The van der Waals surface area contributed by atoms with Gasteiger partial charge in [0.15, 0.2) is 17.3 Å². The van der Waals surface area contributed by atoms with E-state index in [1.165, 1.54) is 45.0 Å². The number of amides is 2. The van der Waals surface area contributed by atoms with E-state index in [4.69, 9.17) is 0 Å². The van der Waals surface area contributed by atoms with Gasteiger partial charge in [0, 0.05) is 50.4 Å². The van der Waals surface area contributed by atoms with E-state index < -0.39 is 11.8 Å². The fraction of sp³-hybridized carbons (Fsp3) is 0.242. The summed E-state index contributed by atoms with van der Waals surface area (Å²) in [5.74, 6) is -1.66. The predicted molar refractivity (Wildman–Crippen MR) is 163 cm³/mol. The fourth-order valence-corrected chi connectivity index (χ4v) is 4.06. The van der Waals surface area contributed by atoms with E-state index in [-0.39, 0.29) is 50.8 Å². The molecule has 41 heavy (non-hydrogen) atoms. The standard InChI is InChI=1S/C33H35N3O5/c1-18(2)22-9-23(19(3)37)13-28(12-22)34-31(40)26-11-27(17-30(16-26)36-33(6,7)8)32(41)35-29-14-24(20(4)38)10-25(15-29)21(5)39/h9-17,36H,1H2,2-8H3,(H,34,40)(H,35,41). The molecule has 8 nitrogen and oxygen atoms in total. The van der Waals surface area contributed by atoms with Crippen LogP contribution in [-0.4, -0.2) is 34.7 Å². The Bertz CT molecular complexity index is 1420. The van der Waals surface area contributed by atoms with Gasteiger partial charge >= 0.3 is 0 Å². The predicted octanol–water partition coefficient (Wildman–Crippen LogP) is 7.04. The van der Waals surface area contributed by atoms with Gasteiger partial charge in [-0.05, 0) is 109 Å². The molecular formula is C33H35N3O5. The molecule has 3 N–H and O–H groups in total. The van der Waals surface area contributed by atoms with Crippen molar-refractivity contribution in [1.82, 2.24) is 0 Å². The maximum absolute atomic E-state index is 13.4. The fourth-order valence-electron chi connectivity index (χ4n) is 4.06. The third-order valence-corrected chi connectivity index (χ3v) is 6.07. The Balaban J connectivity index is 2.02. The lowest BCUT2D eigenvalue weighted by molar-refractivity contribution is 0.0999. The summed E-state index contributed by atoms with van der Waals surface area (Å²) in [4.78, 5) is 62.8. The molecule has 0 radical (unpaired) electrons. The van der Waals surface area contributed by atoms with Crippen molar-refractivity contribution in [1.29, 1.82) is 0 Å². The quantitative estimate of drug-likeness (QED) is 0.244. The van der Waals surface area contributed by atoms with Crippen LogP contribution in [0.1, 0.15) is 106 Å². The molecular weight excluding hydrogens is 518 g/mol. The van der Waals surface area contributed by atoms with Crippen molar-refractivity contribution in [3.63, 3.8) is 0 Å². The largest absolute Gasteiger partial charge is 0.380 e. The number of hydrogen-bond donors (Lipinski definition) is 3. The van der Waals surface area contributed by atoms with E-state index >= 15 is 0 Å². The van der Waals surface area contributed by atoms with Crippen molar-refractivity contribution in [2.75, 3.05) is 16.0 Å². The molecule has 0 aliphatic rings. The zero-order valence-electron chi connectivity index (χ0n) is 24.4. The first-order chi connectivity index (χ1) is 19.0. The molecule has 0 fully saturated rings. The lowest BCUT2D eigenvalue weighted by Crippen LogP contribution is -2.27. The van der Waals surface area contributed by atoms with Gasteiger partial charge < -0.3 is 16.0 Å². The molecule has 3 aromatic rings. The van der Waals surface area contributed by atoms with Gasteiger partial charge in [0.2, 0.25) is 0 Å². The normalized spacial score (nSPS) is 10.9. The molecule has 3 rings (SSSR count). The van der Waals surface area contributed by atoms with E-state index in [2.05, 4.69) is 22.5 Å². The first-order valence-corrected chi connectivity index (χ1v) is 13.1. The lowest BCUT2D eigenvalue weighted by Gasteiger charge is -2.23. The molecule has 0 aliphatic carbocycles. The number of benzene rings is 3. The number of allylic oxidation sites excluding steroid dienone is 1. The van der Waals surface area contributed by atoms with Crippen LogP contribution in [0.4, 0.5) is 17.1 Å². The van der Waals surface area contributed by atoms with Crippen molar-refractivity contribution in [3.05, 3.63) is 94.6 Å². The Morgan fingerprint density at radius 3 is 1.17 bits per heavy atom. The molecule has 0 unspecified atom stereocenters. The summed E-state index contributed by atoms with van der Waals surface area (Å²) in [5.41, 5.74) is 3.71. The van der Waals surface area contributed by atoms with E-state index in [1.807, 2.05) is 27.7 Å². The summed E-state index contributed by atoms with van der Waals surface area (Å²) in [6, 6.07) is 14.2. The van der Waals surface area contributed by atoms with Gasteiger partial charge in [0.1, 0.15) is 0 Å². The maximum Gasteiger partial charge on any atom is 0.255 e. The number of carbonyl (C=O) groups is 5. The van der Waals surface area contributed by atoms with Crippen LogP contribution >= 0.6 is 0 Å². The van der Waals surface area contributed by atoms with E-state index in [0.29, 0.717) is 22.5 Å². The van der Waals surface area contributed by atoms with Crippen LogP contribution in [0, 0.1) is 0 Å². The van der Waals surface area contributed by atoms with Crippen LogP contribution in [0.2, 0.25) is 0 Å². The second-order valence-electron chi connectivity index (χ2n) is 11.1. The summed E-state index contributed by atoms with van der Waals surface area (Å²) >= 11 is 0. The molecule has 0 bridgehead atoms. The Kier molecular flexibility index (Phi) is 9.07. The van der Waals surface area contributed by atoms with Gasteiger partial charge in [-0.15, -0.1) is 0 Å². The Morgan fingerprint density at radius 2 is 0.829 bits per heavy atom. The topological polar surface area (TPSA) is 121 Å². The zero-order chi connectivity index (χ0) is 30.6. The SMILES string of the molecule is C=C(C)c1cc(NC(=O)c2cc(NC(C)(C)C)cc(C(=O)Nc3cc(C(C)=O)cc(C(C)=O)c3)c2)cc(C(C)=O)c1. The molecule has 0 spiro atoms. The van der Waals surface area contributed by atoms with E-state index in [9.17, 15) is 24.0 Å².